The van der Waals surface area contributed by atoms with Gasteiger partial charge in [-0.05, 0) is 31.1 Å². The van der Waals surface area contributed by atoms with Gasteiger partial charge < -0.3 is 5.32 Å². The van der Waals surface area contributed by atoms with E-state index in [-0.39, 0.29) is 11.9 Å². The molecule has 0 aliphatic heterocycles. The molecule has 1 atom stereocenters. The Morgan fingerprint density at radius 3 is 2.27 bits per heavy atom. The summed E-state index contributed by atoms with van der Waals surface area (Å²) in [4.78, 5) is 13.0. The molecule has 1 amide bonds. The molecule has 1 heterocycles. The predicted molar refractivity (Wildman–Crippen MR) is 105 cm³/mol. The average Bonchev–Trinajstić information content (AvgIpc) is 2.99. The molecule has 1 unspecified atom stereocenters. The lowest BCUT2D eigenvalue weighted by Gasteiger charge is -2.15. The standard InChI is InChI=1S/C22H23N3O/c1-16(21-15-25(3)24-17(21)2)23-22(26)20(19-12-8-5-9-13-19)14-18-10-6-4-7-11-18/h4-16H,1-3H3,(H,23,26)/b20-14-. The second-order valence-electron chi connectivity index (χ2n) is 6.37. The molecule has 0 aliphatic carbocycles. The second-order valence-corrected chi connectivity index (χ2v) is 6.37. The lowest BCUT2D eigenvalue weighted by atomic mass is 10.0. The minimum absolute atomic E-state index is 0.101. The van der Waals surface area contributed by atoms with Crippen molar-refractivity contribution in [2.75, 3.05) is 0 Å². The van der Waals surface area contributed by atoms with Gasteiger partial charge in [-0.1, -0.05) is 60.7 Å². The van der Waals surface area contributed by atoms with Crippen molar-refractivity contribution in [3.05, 3.63) is 89.2 Å². The third-order valence-electron chi connectivity index (χ3n) is 4.31. The number of amides is 1. The van der Waals surface area contributed by atoms with Crippen LogP contribution in [0, 0.1) is 6.92 Å². The lowest BCUT2D eigenvalue weighted by molar-refractivity contribution is -0.116. The van der Waals surface area contributed by atoms with Gasteiger partial charge in [-0.2, -0.15) is 5.10 Å². The molecule has 26 heavy (non-hydrogen) atoms. The van der Waals surface area contributed by atoms with E-state index in [1.165, 1.54) is 0 Å². The summed E-state index contributed by atoms with van der Waals surface area (Å²) in [5.74, 6) is -0.101. The van der Waals surface area contributed by atoms with Crippen molar-refractivity contribution in [1.29, 1.82) is 0 Å². The Hall–Kier alpha value is -3.14. The fraction of sp³-hybridized carbons (Fsp3) is 0.182. The quantitative estimate of drug-likeness (QED) is 0.558. The van der Waals surface area contributed by atoms with Crippen molar-refractivity contribution in [3.8, 4) is 0 Å². The van der Waals surface area contributed by atoms with Gasteiger partial charge in [0.05, 0.1) is 11.7 Å². The molecule has 4 heteroatoms. The number of aromatic nitrogens is 2. The van der Waals surface area contributed by atoms with Gasteiger partial charge in [-0.25, -0.2) is 0 Å². The van der Waals surface area contributed by atoms with Gasteiger partial charge in [0.2, 0.25) is 0 Å². The average molecular weight is 345 g/mol. The topological polar surface area (TPSA) is 46.9 Å². The van der Waals surface area contributed by atoms with E-state index >= 15 is 0 Å². The van der Waals surface area contributed by atoms with E-state index in [2.05, 4.69) is 10.4 Å². The number of aryl methyl sites for hydroxylation is 2. The number of carbonyl (C=O) groups excluding carboxylic acids is 1. The Balaban J connectivity index is 1.90. The van der Waals surface area contributed by atoms with Crippen LogP contribution in [-0.4, -0.2) is 15.7 Å². The fourth-order valence-electron chi connectivity index (χ4n) is 3.01. The summed E-state index contributed by atoms with van der Waals surface area (Å²) >= 11 is 0. The van der Waals surface area contributed by atoms with Crippen molar-refractivity contribution >= 4 is 17.6 Å². The number of hydrogen-bond donors (Lipinski definition) is 1. The third-order valence-corrected chi connectivity index (χ3v) is 4.31. The summed E-state index contributed by atoms with van der Waals surface area (Å²) in [6, 6.07) is 19.5. The SMILES string of the molecule is Cc1nn(C)cc1C(C)NC(=O)/C(=C\c1ccccc1)c1ccccc1. The van der Waals surface area contributed by atoms with Crippen molar-refractivity contribution in [2.24, 2.45) is 7.05 Å². The van der Waals surface area contributed by atoms with Crippen LogP contribution >= 0.6 is 0 Å². The number of nitrogens with one attached hydrogen (secondary N) is 1. The van der Waals surface area contributed by atoms with Gasteiger partial charge in [-0.15, -0.1) is 0 Å². The Bertz CT molecular complexity index is 911. The normalized spacial score (nSPS) is 12.7. The highest BCUT2D eigenvalue weighted by atomic mass is 16.1. The van der Waals surface area contributed by atoms with E-state index < -0.39 is 0 Å². The Labute approximate surface area is 154 Å². The van der Waals surface area contributed by atoms with Crippen LogP contribution in [0.5, 0.6) is 0 Å². The largest absolute Gasteiger partial charge is 0.345 e. The first kappa shape index (κ1) is 17.7. The number of nitrogens with zero attached hydrogens (tertiary/aromatic N) is 2. The summed E-state index contributed by atoms with van der Waals surface area (Å²) in [5.41, 5.74) is 4.47. The van der Waals surface area contributed by atoms with Crippen molar-refractivity contribution in [3.63, 3.8) is 0 Å². The molecule has 0 bridgehead atoms. The summed E-state index contributed by atoms with van der Waals surface area (Å²) in [6.45, 7) is 3.93. The van der Waals surface area contributed by atoms with E-state index in [9.17, 15) is 4.79 Å². The van der Waals surface area contributed by atoms with Crippen LogP contribution < -0.4 is 5.32 Å². The Morgan fingerprint density at radius 2 is 1.69 bits per heavy atom. The van der Waals surface area contributed by atoms with Crippen LogP contribution in [0.3, 0.4) is 0 Å². The summed E-state index contributed by atoms with van der Waals surface area (Å²) in [6.07, 6.45) is 3.87. The first-order valence-electron chi connectivity index (χ1n) is 8.68. The maximum atomic E-state index is 13.0. The Morgan fingerprint density at radius 1 is 1.08 bits per heavy atom. The minimum atomic E-state index is -0.126. The van der Waals surface area contributed by atoms with Gasteiger partial charge >= 0.3 is 0 Å². The predicted octanol–water partition coefficient (Wildman–Crippen LogP) is 4.15. The maximum Gasteiger partial charge on any atom is 0.252 e. The summed E-state index contributed by atoms with van der Waals surface area (Å²) < 4.78 is 1.77. The smallest absolute Gasteiger partial charge is 0.252 e. The highest BCUT2D eigenvalue weighted by Gasteiger charge is 2.18. The van der Waals surface area contributed by atoms with Crippen LogP contribution in [0.1, 0.15) is 35.3 Å². The van der Waals surface area contributed by atoms with Crippen LogP contribution in [0.15, 0.2) is 66.9 Å². The van der Waals surface area contributed by atoms with Crippen molar-refractivity contribution in [1.82, 2.24) is 15.1 Å². The first-order chi connectivity index (χ1) is 12.5. The minimum Gasteiger partial charge on any atom is -0.345 e. The molecule has 0 saturated heterocycles. The maximum absolute atomic E-state index is 13.0. The zero-order valence-corrected chi connectivity index (χ0v) is 15.3. The van der Waals surface area contributed by atoms with Gasteiger partial charge in [0, 0.05) is 24.4 Å². The van der Waals surface area contributed by atoms with Crippen LogP contribution in [0.25, 0.3) is 11.6 Å². The highest BCUT2D eigenvalue weighted by Crippen LogP contribution is 2.21. The Kier molecular flexibility index (Phi) is 5.32. The van der Waals surface area contributed by atoms with Crippen molar-refractivity contribution in [2.45, 2.75) is 19.9 Å². The van der Waals surface area contributed by atoms with E-state index in [4.69, 9.17) is 0 Å². The monoisotopic (exact) mass is 345 g/mol. The number of benzene rings is 2. The molecular formula is C22H23N3O. The molecule has 3 aromatic rings. The van der Waals surface area contributed by atoms with Crippen LogP contribution in [-0.2, 0) is 11.8 Å². The first-order valence-corrected chi connectivity index (χ1v) is 8.68. The van der Waals surface area contributed by atoms with E-state index in [1.807, 2.05) is 93.8 Å². The second kappa shape index (κ2) is 7.83. The molecule has 1 N–H and O–H groups in total. The molecule has 2 aromatic carbocycles. The molecule has 4 nitrogen and oxygen atoms in total. The van der Waals surface area contributed by atoms with Crippen molar-refractivity contribution < 1.29 is 4.79 Å². The molecule has 0 spiro atoms. The van der Waals surface area contributed by atoms with E-state index in [0.29, 0.717) is 5.57 Å². The summed E-state index contributed by atoms with van der Waals surface area (Å²) in [5, 5.41) is 7.47. The molecular weight excluding hydrogens is 322 g/mol. The third kappa shape index (κ3) is 4.09. The van der Waals surface area contributed by atoms with Gasteiger partial charge in [-0.3, -0.25) is 9.48 Å². The van der Waals surface area contributed by atoms with Crippen LogP contribution in [0.4, 0.5) is 0 Å². The molecule has 0 fully saturated rings. The molecule has 0 saturated carbocycles. The summed E-state index contributed by atoms with van der Waals surface area (Å²) in [7, 11) is 1.88. The van der Waals surface area contributed by atoms with E-state index in [0.717, 1.165) is 22.4 Å². The van der Waals surface area contributed by atoms with Gasteiger partial charge in [0.1, 0.15) is 0 Å². The van der Waals surface area contributed by atoms with Crippen LogP contribution in [0.2, 0.25) is 0 Å². The zero-order valence-electron chi connectivity index (χ0n) is 15.3. The highest BCUT2D eigenvalue weighted by molar-refractivity contribution is 6.24. The zero-order chi connectivity index (χ0) is 18.5. The molecule has 132 valence electrons. The molecule has 1 aromatic heterocycles. The van der Waals surface area contributed by atoms with Gasteiger partial charge in [0.25, 0.3) is 5.91 Å². The number of rotatable bonds is 5. The number of hydrogen-bond acceptors (Lipinski definition) is 2. The molecule has 0 radical (unpaired) electrons. The lowest BCUT2D eigenvalue weighted by Crippen LogP contribution is -2.27. The molecule has 3 rings (SSSR count). The molecule has 0 aliphatic rings. The fourth-order valence-corrected chi connectivity index (χ4v) is 3.01. The van der Waals surface area contributed by atoms with Gasteiger partial charge in [0.15, 0.2) is 0 Å². The van der Waals surface area contributed by atoms with E-state index in [1.54, 1.807) is 4.68 Å². The number of carbonyl (C=O) groups is 1.